The molecule has 166 valence electrons. The van der Waals surface area contributed by atoms with E-state index >= 15 is 0 Å². The van der Waals surface area contributed by atoms with Crippen LogP contribution in [0, 0.1) is 25.2 Å². The zero-order valence-electron chi connectivity index (χ0n) is 18.8. The van der Waals surface area contributed by atoms with Crippen LogP contribution in [-0.4, -0.2) is 27.8 Å². The summed E-state index contributed by atoms with van der Waals surface area (Å²) in [4.78, 5) is 40.8. The third-order valence-electron chi connectivity index (χ3n) is 5.98. The van der Waals surface area contributed by atoms with Crippen molar-refractivity contribution in [3.05, 3.63) is 98.0 Å². The van der Waals surface area contributed by atoms with Crippen LogP contribution < -0.4 is 10.9 Å². The number of pyridine rings is 1. The molecule has 4 rings (SSSR count). The average Bonchev–Trinajstić information content (AvgIpc) is 2.81. The van der Waals surface area contributed by atoms with Crippen LogP contribution in [0.25, 0.3) is 0 Å². The van der Waals surface area contributed by atoms with Crippen molar-refractivity contribution in [3.8, 4) is 6.07 Å². The number of rotatable bonds is 3. The number of hydrogen-bond acceptors (Lipinski definition) is 4. The van der Waals surface area contributed by atoms with E-state index in [1.165, 1.54) is 4.57 Å². The van der Waals surface area contributed by atoms with Gasteiger partial charge in [-0.1, -0.05) is 12.1 Å². The molecule has 3 aromatic rings. The van der Waals surface area contributed by atoms with Gasteiger partial charge in [0.25, 0.3) is 17.4 Å². The first-order valence-electron chi connectivity index (χ1n) is 10.7. The van der Waals surface area contributed by atoms with E-state index in [1.54, 1.807) is 42.4 Å². The van der Waals surface area contributed by atoms with Crippen LogP contribution in [0.4, 0.5) is 5.69 Å². The summed E-state index contributed by atoms with van der Waals surface area (Å²) in [7, 11) is 1.61. The van der Waals surface area contributed by atoms with Gasteiger partial charge in [-0.3, -0.25) is 14.4 Å². The second-order valence-electron chi connectivity index (χ2n) is 8.36. The van der Waals surface area contributed by atoms with E-state index < -0.39 is 5.91 Å². The fourth-order valence-corrected chi connectivity index (χ4v) is 4.12. The quantitative estimate of drug-likeness (QED) is 0.676. The number of nitrogens with one attached hydrogen (secondary N) is 1. The van der Waals surface area contributed by atoms with E-state index in [0.29, 0.717) is 41.9 Å². The van der Waals surface area contributed by atoms with Crippen molar-refractivity contribution < 1.29 is 9.59 Å². The van der Waals surface area contributed by atoms with Gasteiger partial charge in [-0.15, -0.1) is 0 Å². The Labute approximate surface area is 191 Å². The number of amides is 2. The molecule has 2 heterocycles. The topological polar surface area (TPSA) is 95.2 Å². The summed E-state index contributed by atoms with van der Waals surface area (Å²) in [6, 6.07) is 14.3. The highest BCUT2D eigenvalue weighted by atomic mass is 16.2. The summed E-state index contributed by atoms with van der Waals surface area (Å²) < 4.78 is 1.40. The molecule has 33 heavy (non-hydrogen) atoms. The van der Waals surface area contributed by atoms with Crippen LogP contribution in [-0.2, 0) is 20.0 Å². The number of aromatic nitrogens is 1. The third-order valence-corrected chi connectivity index (χ3v) is 5.98. The molecule has 0 unspecified atom stereocenters. The molecule has 1 aliphatic heterocycles. The molecule has 2 amide bonds. The van der Waals surface area contributed by atoms with Crippen LogP contribution in [0.15, 0.2) is 53.5 Å². The molecule has 0 bridgehead atoms. The minimum atomic E-state index is -0.437. The molecular weight excluding hydrogens is 416 g/mol. The van der Waals surface area contributed by atoms with Gasteiger partial charge in [0.05, 0.1) is 11.6 Å². The first kappa shape index (κ1) is 22.0. The average molecular weight is 441 g/mol. The normalized spacial score (nSPS) is 12.6. The highest BCUT2D eigenvalue weighted by molar-refractivity contribution is 6.05. The first-order valence-corrected chi connectivity index (χ1v) is 10.7. The zero-order valence-corrected chi connectivity index (χ0v) is 18.8. The fraction of sp³-hybridized carbons (Fsp3) is 0.231. The van der Waals surface area contributed by atoms with E-state index in [-0.39, 0.29) is 17.0 Å². The standard InChI is InChI=1S/C26H24N4O3/c1-16-4-5-17(2)22(12-16)28-24(31)23-21-10-11-30(15-20(21)14-29(3)26(23)33)25(32)19-8-6-18(13-27)7-9-19/h4-9,12,14H,10-11,15H2,1-3H3,(H,28,31). The molecule has 7 nitrogen and oxygen atoms in total. The van der Waals surface area contributed by atoms with Crippen LogP contribution in [0.5, 0.6) is 0 Å². The number of nitriles is 1. The van der Waals surface area contributed by atoms with E-state index in [2.05, 4.69) is 5.32 Å². The van der Waals surface area contributed by atoms with Gasteiger partial charge in [0.2, 0.25) is 0 Å². The van der Waals surface area contributed by atoms with Crippen LogP contribution >= 0.6 is 0 Å². The first-order chi connectivity index (χ1) is 15.8. The maximum Gasteiger partial charge on any atom is 0.263 e. The lowest BCUT2D eigenvalue weighted by atomic mass is 9.95. The second-order valence-corrected chi connectivity index (χ2v) is 8.36. The predicted octanol–water partition coefficient (Wildman–Crippen LogP) is 3.32. The number of aryl methyl sites for hydroxylation is 3. The Morgan fingerprint density at radius 1 is 1.09 bits per heavy atom. The summed E-state index contributed by atoms with van der Waals surface area (Å²) in [5, 5.41) is 11.9. The van der Waals surface area contributed by atoms with Crippen molar-refractivity contribution >= 4 is 17.5 Å². The largest absolute Gasteiger partial charge is 0.334 e. The summed E-state index contributed by atoms with van der Waals surface area (Å²) in [5.74, 6) is -0.589. The monoisotopic (exact) mass is 440 g/mol. The lowest BCUT2D eigenvalue weighted by Gasteiger charge is -2.30. The number of carbonyl (C=O) groups excluding carboxylic acids is 2. The van der Waals surface area contributed by atoms with Crippen molar-refractivity contribution in [3.63, 3.8) is 0 Å². The minimum Gasteiger partial charge on any atom is -0.334 e. The third kappa shape index (κ3) is 4.28. The SMILES string of the molecule is Cc1ccc(C)c(NC(=O)c2c3c(cn(C)c2=O)CN(C(=O)c2ccc(C#N)cc2)CC3)c1. The fourth-order valence-electron chi connectivity index (χ4n) is 4.12. The maximum atomic E-state index is 13.2. The molecule has 7 heteroatoms. The molecule has 0 aliphatic carbocycles. The highest BCUT2D eigenvalue weighted by Crippen LogP contribution is 2.24. The number of fused-ring (bicyclic) bond motifs is 1. The van der Waals surface area contributed by atoms with Gasteiger partial charge in [-0.2, -0.15) is 5.26 Å². The number of carbonyl (C=O) groups is 2. The second kappa shape index (κ2) is 8.75. The van der Waals surface area contributed by atoms with E-state index in [4.69, 9.17) is 5.26 Å². The molecule has 1 aliphatic rings. The molecule has 0 saturated carbocycles. The number of nitrogens with zero attached hydrogens (tertiary/aromatic N) is 3. The van der Waals surface area contributed by atoms with E-state index in [0.717, 1.165) is 16.7 Å². The van der Waals surface area contributed by atoms with Crippen LogP contribution in [0.1, 0.15) is 48.5 Å². The molecule has 0 atom stereocenters. The molecule has 0 saturated heterocycles. The summed E-state index contributed by atoms with van der Waals surface area (Å²) in [5.41, 5.74) is 4.81. The Kier molecular flexibility index (Phi) is 5.84. The van der Waals surface area contributed by atoms with Crippen molar-refractivity contribution in [1.82, 2.24) is 9.47 Å². The number of anilines is 1. The molecule has 1 N–H and O–H groups in total. The molecule has 2 aromatic carbocycles. The van der Waals surface area contributed by atoms with Gasteiger partial charge in [0.15, 0.2) is 0 Å². The zero-order chi connectivity index (χ0) is 23.7. The number of hydrogen-bond donors (Lipinski definition) is 1. The maximum absolute atomic E-state index is 13.2. The van der Waals surface area contributed by atoms with E-state index in [1.807, 2.05) is 38.1 Å². The van der Waals surface area contributed by atoms with Gasteiger partial charge in [-0.25, -0.2) is 0 Å². The smallest absolute Gasteiger partial charge is 0.263 e. The van der Waals surface area contributed by atoms with Gasteiger partial charge in [0.1, 0.15) is 5.56 Å². The lowest BCUT2D eigenvalue weighted by molar-refractivity contribution is 0.0734. The van der Waals surface area contributed by atoms with Gasteiger partial charge in [0, 0.05) is 37.6 Å². The summed E-state index contributed by atoms with van der Waals surface area (Å²) in [6.45, 7) is 4.53. The summed E-state index contributed by atoms with van der Waals surface area (Å²) in [6.07, 6.45) is 2.10. The Morgan fingerprint density at radius 2 is 1.82 bits per heavy atom. The van der Waals surface area contributed by atoms with Crippen molar-refractivity contribution in [1.29, 1.82) is 5.26 Å². The Bertz CT molecular complexity index is 1360. The molecule has 0 spiro atoms. The summed E-state index contributed by atoms with van der Waals surface area (Å²) >= 11 is 0. The van der Waals surface area contributed by atoms with Crippen molar-refractivity contribution in [2.24, 2.45) is 7.05 Å². The van der Waals surface area contributed by atoms with Crippen LogP contribution in [0.3, 0.4) is 0 Å². The van der Waals surface area contributed by atoms with Gasteiger partial charge in [-0.05, 0) is 72.9 Å². The number of benzene rings is 2. The van der Waals surface area contributed by atoms with E-state index in [9.17, 15) is 14.4 Å². The highest BCUT2D eigenvalue weighted by Gasteiger charge is 2.28. The predicted molar refractivity (Wildman–Crippen MR) is 125 cm³/mol. The van der Waals surface area contributed by atoms with Gasteiger partial charge >= 0.3 is 0 Å². The Balaban J connectivity index is 1.64. The Morgan fingerprint density at radius 3 is 2.52 bits per heavy atom. The molecular formula is C26H24N4O3. The minimum absolute atomic E-state index is 0.126. The van der Waals surface area contributed by atoms with Gasteiger partial charge < -0.3 is 14.8 Å². The van der Waals surface area contributed by atoms with Crippen LogP contribution in [0.2, 0.25) is 0 Å². The van der Waals surface area contributed by atoms with Crippen molar-refractivity contribution in [2.45, 2.75) is 26.8 Å². The molecule has 0 fully saturated rings. The lowest BCUT2D eigenvalue weighted by Crippen LogP contribution is -2.40. The van der Waals surface area contributed by atoms with Crippen molar-refractivity contribution in [2.75, 3.05) is 11.9 Å². The molecule has 0 radical (unpaired) electrons. The molecule has 1 aromatic heterocycles. The Hall–Kier alpha value is -4.18.